The second-order valence-electron chi connectivity index (χ2n) is 4.56. The fourth-order valence-corrected chi connectivity index (χ4v) is 2.17. The second kappa shape index (κ2) is 5.77. The van der Waals surface area contributed by atoms with Crippen LogP contribution >= 0.6 is 0 Å². The highest BCUT2D eigenvalue weighted by molar-refractivity contribution is 5.81. The Morgan fingerprint density at radius 2 is 2.47 bits per heavy atom. The van der Waals surface area contributed by atoms with Crippen LogP contribution in [-0.2, 0) is 11.3 Å². The van der Waals surface area contributed by atoms with E-state index >= 15 is 0 Å². The highest BCUT2D eigenvalue weighted by Crippen LogP contribution is 2.10. The third-order valence-corrected chi connectivity index (χ3v) is 3.13. The zero-order chi connectivity index (χ0) is 12.1. The number of likely N-dealkylation sites (N-methyl/N-ethyl adjacent to an activating group) is 1. The summed E-state index contributed by atoms with van der Waals surface area (Å²) in [6.45, 7) is 1.59. The van der Waals surface area contributed by atoms with Crippen LogP contribution in [0.1, 0.15) is 24.8 Å². The Hall–Kier alpha value is -1.42. The van der Waals surface area contributed by atoms with Crippen molar-refractivity contribution in [3.8, 4) is 0 Å². The highest BCUT2D eigenvalue weighted by Gasteiger charge is 2.23. The molecule has 1 aliphatic heterocycles. The predicted molar refractivity (Wildman–Crippen MR) is 66.4 cm³/mol. The van der Waals surface area contributed by atoms with Gasteiger partial charge in [0.05, 0.1) is 6.04 Å². The molecule has 92 valence electrons. The first kappa shape index (κ1) is 12.0. The van der Waals surface area contributed by atoms with E-state index in [1.807, 2.05) is 19.2 Å². The van der Waals surface area contributed by atoms with Gasteiger partial charge in [0.25, 0.3) is 0 Å². The van der Waals surface area contributed by atoms with Crippen LogP contribution in [0, 0.1) is 0 Å². The third kappa shape index (κ3) is 3.27. The van der Waals surface area contributed by atoms with Crippen molar-refractivity contribution in [2.75, 3.05) is 13.6 Å². The molecule has 4 heteroatoms. The molecule has 1 aromatic heterocycles. The largest absolute Gasteiger partial charge is 0.340 e. The molecule has 2 rings (SSSR count). The molecule has 0 saturated carbocycles. The summed E-state index contributed by atoms with van der Waals surface area (Å²) in [4.78, 5) is 18.0. The minimum Gasteiger partial charge on any atom is -0.340 e. The van der Waals surface area contributed by atoms with Crippen LogP contribution in [-0.4, -0.2) is 35.4 Å². The summed E-state index contributed by atoms with van der Waals surface area (Å²) in [5, 5.41) is 3.28. The number of aromatic nitrogens is 1. The van der Waals surface area contributed by atoms with Crippen molar-refractivity contribution < 1.29 is 4.79 Å². The van der Waals surface area contributed by atoms with Gasteiger partial charge in [0.15, 0.2) is 0 Å². The lowest BCUT2D eigenvalue weighted by Gasteiger charge is -2.27. The van der Waals surface area contributed by atoms with E-state index in [1.165, 1.54) is 6.42 Å². The fraction of sp³-hybridized carbons (Fsp3) is 0.538. The Bertz CT molecular complexity index is 360. The lowest BCUT2D eigenvalue weighted by atomic mass is 10.0. The SMILES string of the molecule is CN(Cc1cccnc1)C(=O)[C@@H]1CCCCN1. The standard InChI is InChI=1S/C13H19N3O/c1-16(10-11-5-4-7-14-9-11)13(17)12-6-2-3-8-15-12/h4-5,7,9,12,15H,2-3,6,8,10H2,1H3/t12-/m0/s1. The minimum absolute atomic E-state index is 0.00502. The summed E-state index contributed by atoms with van der Waals surface area (Å²) in [6, 6.07) is 3.89. The molecule has 0 radical (unpaired) electrons. The van der Waals surface area contributed by atoms with E-state index in [1.54, 1.807) is 17.3 Å². The predicted octanol–water partition coefficient (Wildman–Crippen LogP) is 1.18. The van der Waals surface area contributed by atoms with Crippen LogP contribution in [0.2, 0.25) is 0 Å². The molecular formula is C13H19N3O. The average Bonchev–Trinajstić information content (AvgIpc) is 2.40. The summed E-state index contributed by atoms with van der Waals surface area (Å²) in [7, 11) is 1.85. The Morgan fingerprint density at radius 1 is 1.59 bits per heavy atom. The zero-order valence-corrected chi connectivity index (χ0v) is 10.2. The van der Waals surface area contributed by atoms with Crippen LogP contribution in [0.15, 0.2) is 24.5 Å². The first-order valence-corrected chi connectivity index (χ1v) is 6.14. The highest BCUT2D eigenvalue weighted by atomic mass is 16.2. The number of pyridine rings is 1. The molecule has 0 aromatic carbocycles. The van der Waals surface area contributed by atoms with E-state index in [-0.39, 0.29) is 11.9 Å². The van der Waals surface area contributed by atoms with Crippen molar-refractivity contribution in [2.24, 2.45) is 0 Å². The fourth-order valence-electron chi connectivity index (χ4n) is 2.17. The van der Waals surface area contributed by atoms with Gasteiger partial charge in [0, 0.05) is 26.0 Å². The van der Waals surface area contributed by atoms with E-state index < -0.39 is 0 Å². The molecule has 1 saturated heterocycles. The molecule has 1 aromatic rings. The van der Waals surface area contributed by atoms with Crippen LogP contribution < -0.4 is 5.32 Å². The molecule has 1 aliphatic rings. The van der Waals surface area contributed by atoms with Gasteiger partial charge in [-0.05, 0) is 31.0 Å². The Kier molecular flexibility index (Phi) is 4.09. The maximum Gasteiger partial charge on any atom is 0.239 e. The lowest BCUT2D eigenvalue weighted by Crippen LogP contribution is -2.46. The van der Waals surface area contributed by atoms with Gasteiger partial charge >= 0.3 is 0 Å². The number of rotatable bonds is 3. The van der Waals surface area contributed by atoms with Gasteiger partial charge in [-0.1, -0.05) is 12.5 Å². The summed E-state index contributed by atoms with van der Waals surface area (Å²) < 4.78 is 0. The zero-order valence-electron chi connectivity index (χ0n) is 10.2. The second-order valence-corrected chi connectivity index (χ2v) is 4.56. The van der Waals surface area contributed by atoms with Gasteiger partial charge in [-0.3, -0.25) is 9.78 Å². The number of hydrogen-bond acceptors (Lipinski definition) is 3. The maximum atomic E-state index is 12.1. The van der Waals surface area contributed by atoms with E-state index in [0.717, 1.165) is 24.9 Å². The topological polar surface area (TPSA) is 45.2 Å². The minimum atomic E-state index is 0.00502. The molecule has 1 atom stereocenters. The Morgan fingerprint density at radius 3 is 3.12 bits per heavy atom. The molecule has 1 amide bonds. The molecule has 0 bridgehead atoms. The van der Waals surface area contributed by atoms with Crippen LogP contribution in [0.3, 0.4) is 0 Å². The van der Waals surface area contributed by atoms with Crippen LogP contribution in [0.5, 0.6) is 0 Å². The molecule has 1 fully saturated rings. The molecule has 1 N–H and O–H groups in total. The number of amides is 1. The van der Waals surface area contributed by atoms with Crippen LogP contribution in [0.4, 0.5) is 0 Å². The normalized spacial score (nSPS) is 19.9. The number of nitrogens with zero attached hydrogens (tertiary/aromatic N) is 2. The smallest absolute Gasteiger partial charge is 0.239 e. The van der Waals surface area contributed by atoms with Crippen LogP contribution in [0.25, 0.3) is 0 Å². The van der Waals surface area contributed by atoms with E-state index in [0.29, 0.717) is 6.54 Å². The molecule has 2 heterocycles. The van der Waals surface area contributed by atoms with Gasteiger partial charge in [-0.15, -0.1) is 0 Å². The van der Waals surface area contributed by atoms with Gasteiger partial charge in [-0.25, -0.2) is 0 Å². The van der Waals surface area contributed by atoms with Gasteiger partial charge < -0.3 is 10.2 Å². The number of carbonyl (C=O) groups excluding carboxylic acids is 1. The third-order valence-electron chi connectivity index (χ3n) is 3.13. The van der Waals surface area contributed by atoms with E-state index in [9.17, 15) is 4.79 Å². The lowest BCUT2D eigenvalue weighted by molar-refractivity contribution is -0.133. The Labute approximate surface area is 102 Å². The Balaban J connectivity index is 1.90. The maximum absolute atomic E-state index is 12.1. The van der Waals surface area contributed by atoms with Crippen molar-refractivity contribution in [3.63, 3.8) is 0 Å². The average molecular weight is 233 g/mol. The molecule has 17 heavy (non-hydrogen) atoms. The van der Waals surface area contributed by atoms with E-state index in [4.69, 9.17) is 0 Å². The molecule has 0 aliphatic carbocycles. The van der Waals surface area contributed by atoms with Gasteiger partial charge in [0.1, 0.15) is 0 Å². The number of hydrogen-bond donors (Lipinski definition) is 1. The molecule has 0 spiro atoms. The molecule has 4 nitrogen and oxygen atoms in total. The number of nitrogens with one attached hydrogen (secondary N) is 1. The first-order chi connectivity index (χ1) is 8.27. The monoisotopic (exact) mass is 233 g/mol. The molecule has 0 unspecified atom stereocenters. The van der Waals surface area contributed by atoms with Crippen molar-refractivity contribution in [3.05, 3.63) is 30.1 Å². The van der Waals surface area contributed by atoms with E-state index in [2.05, 4.69) is 10.3 Å². The number of piperidine rings is 1. The first-order valence-electron chi connectivity index (χ1n) is 6.14. The van der Waals surface area contributed by atoms with Gasteiger partial charge in [0.2, 0.25) is 5.91 Å². The summed E-state index contributed by atoms with van der Waals surface area (Å²) in [5.41, 5.74) is 1.07. The van der Waals surface area contributed by atoms with Crippen molar-refractivity contribution in [2.45, 2.75) is 31.8 Å². The quantitative estimate of drug-likeness (QED) is 0.852. The van der Waals surface area contributed by atoms with Crippen molar-refractivity contribution in [1.82, 2.24) is 15.2 Å². The molecular weight excluding hydrogens is 214 g/mol. The van der Waals surface area contributed by atoms with Gasteiger partial charge in [-0.2, -0.15) is 0 Å². The van der Waals surface area contributed by atoms with Crippen molar-refractivity contribution >= 4 is 5.91 Å². The number of carbonyl (C=O) groups is 1. The van der Waals surface area contributed by atoms with Crippen molar-refractivity contribution in [1.29, 1.82) is 0 Å². The summed E-state index contributed by atoms with van der Waals surface area (Å²) in [6.07, 6.45) is 6.82. The summed E-state index contributed by atoms with van der Waals surface area (Å²) in [5.74, 6) is 0.188. The summed E-state index contributed by atoms with van der Waals surface area (Å²) >= 11 is 0.